The van der Waals surface area contributed by atoms with Crippen molar-refractivity contribution in [3.63, 3.8) is 0 Å². The Morgan fingerprint density at radius 1 is 1.40 bits per heavy atom. The van der Waals surface area contributed by atoms with Gasteiger partial charge in [0.2, 0.25) is 0 Å². The molecule has 0 radical (unpaired) electrons. The maximum atomic E-state index is 8.87. The lowest BCUT2D eigenvalue weighted by atomic mass is 9.97. The first-order valence-electron chi connectivity index (χ1n) is 6.40. The van der Waals surface area contributed by atoms with Gasteiger partial charge in [-0.2, -0.15) is 0 Å². The normalized spacial score (nSPS) is 34.0. The highest BCUT2D eigenvalue weighted by molar-refractivity contribution is 4.89. The van der Waals surface area contributed by atoms with Crippen LogP contribution in [0.5, 0.6) is 0 Å². The van der Waals surface area contributed by atoms with E-state index in [0.717, 1.165) is 12.5 Å². The van der Waals surface area contributed by atoms with Crippen LogP contribution in [0.2, 0.25) is 0 Å². The van der Waals surface area contributed by atoms with Gasteiger partial charge >= 0.3 is 0 Å². The lowest BCUT2D eigenvalue weighted by molar-refractivity contribution is 0.158. The lowest BCUT2D eigenvalue weighted by Crippen LogP contribution is -2.48. The van der Waals surface area contributed by atoms with Crippen LogP contribution in [0.3, 0.4) is 0 Å². The lowest BCUT2D eigenvalue weighted by Gasteiger charge is -2.36. The van der Waals surface area contributed by atoms with Crippen molar-refractivity contribution in [1.29, 1.82) is 0 Å². The maximum Gasteiger partial charge on any atom is 0.0445 e. The summed E-state index contributed by atoms with van der Waals surface area (Å²) in [6.45, 7) is 5.07. The molecule has 3 atom stereocenters. The molecule has 2 rings (SSSR count). The van der Waals surface area contributed by atoms with Gasteiger partial charge in [0.1, 0.15) is 0 Å². The van der Waals surface area contributed by atoms with Gasteiger partial charge < -0.3 is 15.3 Å². The molecule has 2 aliphatic heterocycles. The molecule has 0 spiro atoms. The Labute approximate surface area is 92.8 Å². The second-order valence-corrected chi connectivity index (χ2v) is 5.13. The quantitative estimate of drug-likeness (QED) is 0.729. The molecule has 3 heteroatoms. The molecule has 0 aromatic heterocycles. The van der Waals surface area contributed by atoms with Crippen LogP contribution in [0.25, 0.3) is 0 Å². The number of nitrogens with zero attached hydrogens (tertiary/aromatic N) is 1. The minimum Gasteiger partial charge on any atom is -0.396 e. The number of aliphatic hydroxyl groups excluding tert-OH is 1. The highest BCUT2D eigenvalue weighted by atomic mass is 16.3. The number of rotatable bonds is 4. The van der Waals surface area contributed by atoms with E-state index in [-0.39, 0.29) is 0 Å². The first-order valence-corrected chi connectivity index (χ1v) is 6.40. The number of piperidine rings is 1. The first-order chi connectivity index (χ1) is 7.29. The number of hydrogen-bond donors (Lipinski definition) is 2. The molecule has 0 aromatic rings. The summed E-state index contributed by atoms with van der Waals surface area (Å²) in [7, 11) is 0. The van der Waals surface area contributed by atoms with Crippen LogP contribution in [0, 0.1) is 0 Å². The summed E-state index contributed by atoms with van der Waals surface area (Å²) in [5, 5.41) is 12.5. The van der Waals surface area contributed by atoms with Crippen molar-refractivity contribution in [1.82, 2.24) is 10.2 Å². The van der Waals surface area contributed by atoms with Crippen LogP contribution in [0.1, 0.15) is 39.0 Å². The van der Waals surface area contributed by atoms with Crippen molar-refractivity contribution in [3.05, 3.63) is 0 Å². The summed E-state index contributed by atoms with van der Waals surface area (Å²) in [6, 6.07) is 2.00. The summed E-state index contributed by atoms with van der Waals surface area (Å²) in [6.07, 6.45) is 6.27. The summed E-state index contributed by atoms with van der Waals surface area (Å²) in [5.74, 6) is 0. The molecule has 0 aromatic carbocycles. The van der Waals surface area contributed by atoms with E-state index in [1.807, 2.05) is 0 Å². The third-order valence-electron chi connectivity index (χ3n) is 3.90. The van der Waals surface area contributed by atoms with Crippen molar-refractivity contribution in [3.8, 4) is 0 Å². The first kappa shape index (κ1) is 11.4. The number of nitrogens with one attached hydrogen (secondary N) is 1. The molecule has 3 nitrogen and oxygen atoms in total. The maximum absolute atomic E-state index is 8.87. The monoisotopic (exact) mass is 212 g/mol. The summed E-state index contributed by atoms with van der Waals surface area (Å²) in [4.78, 5) is 2.65. The molecule has 2 fully saturated rings. The van der Waals surface area contributed by atoms with Crippen molar-refractivity contribution in [2.24, 2.45) is 0 Å². The van der Waals surface area contributed by atoms with Crippen molar-refractivity contribution in [2.75, 3.05) is 19.7 Å². The van der Waals surface area contributed by atoms with E-state index in [4.69, 9.17) is 5.11 Å². The Hall–Kier alpha value is -0.120. The van der Waals surface area contributed by atoms with E-state index in [9.17, 15) is 0 Å². The number of hydrogen-bond acceptors (Lipinski definition) is 3. The zero-order valence-corrected chi connectivity index (χ0v) is 9.78. The summed E-state index contributed by atoms with van der Waals surface area (Å²) >= 11 is 0. The van der Waals surface area contributed by atoms with Gasteiger partial charge in [0, 0.05) is 24.7 Å². The molecule has 88 valence electrons. The topological polar surface area (TPSA) is 35.5 Å². The molecular weight excluding hydrogens is 188 g/mol. The van der Waals surface area contributed by atoms with Crippen molar-refractivity contribution < 1.29 is 5.11 Å². The Kier molecular flexibility index (Phi) is 4.00. The second kappa shape index (κ2) is 5.28. The van der Waals surface area contributed by atoms with Crippen LogP contribution in [-0.4, -0.2) is 47.8 Å². The molecule has 2 N–H and O–H groups in total. The fraction of sp³-hybridized carbons (Fsp3) is 1.00. The number of aliphatic hydroxyl groups is 1. The third-order valence-corrected chi connectivity index (χ3v) is 3.90. The molecule has 0 saturated carbocycles. The van der Waals surface area contributed by atoms with Gasteiger partial charge in [-0.1, -0.05) is 0 Å². The minimum atomic E-state index is 0.302. The largest absolute Gasteiger partial charge is 0.396 e. The Balaban J connectivity index is 1.75. The molecule has 15 heavy (non-hydrogen) atoms. The molecule has 0 aliphatic carbocycles. The van der Waals surface area contributed by atoms with Crippen molar-refractivity contribution in [2.45, 2.75) is 57.2 Å². The zero-order chi connectivity index (χ0) is 10.7. The van der Waals surface area contributed by atoms with E-state index < -0.39 is 0 Å². The smallest absolute Gasteiger partial charge is 0.0445 e. The average molecular weight is 212 g/mol. The minimum absolute atomic E-state index is 0.302. The van der Waals surface area contributed by atoms with E-state index in [1.165, 1.54) is 38.8 Å². The van der Waals surface area contributed by atoms with Crippen LogP contribution < -0.4 is 5.32 Å². The zero-order valence-electron chi connectivity index (χ0n) is 9.78. The molecule has 2 aliphatic rings. The second-order valence-electron chi connectivity index (χ2n) is 5.13. The fourth-order valence-corrected chi connectivity index (χ4v) is 3.06. The van der Waals surface area contributed by atoms with E-state index in [2.05, 4.69) is 17.1 Å². The highest BCUT2D eigenvalue weighted by Gasteiger charge is 2.31. The van der Waals surface area contributed by atoms with Crippen LogP contribution in [0.4, 0.5) is 0 Å². The average Bonchev–Trinajstić information content (AvgIpc) is 2.65. The Morgan fingerprint density at radius 3 is 3.07 bits per heavy atom. The van der Waals surface area contributed by atoms with E-state index in [0.29, 0.717) is 18.7 Å². The van der Waals surface area contributed by atoms with Gasteiger partial charge in [-0.25, -0.2) is 0 Å². The van der Waals surface area contributed by atoms with Gasteiger partial charge in [-0.05, 0) is 52.1 Å². The van der Waals surface area contributed by atoms with Crippen LogP contribution >= 0.6 is 0 Å². The van der Waals surface area contributed by atoms with Gasteiger partial charge in [-0.15, -0.1) is 0 Å². The molecule has 0 bridgehead atoms. The van der Waals surface area contributed by atoms with Crippen LogP contribution in [-0.2, 0) is 0 Å². The molecular formula is C12H24N2O. The predicted octanol–water partition coefficient (Wildman–Crippen LogP) is 0.974. The van der Waals surface area contributed by atoms with E-state index in [1.54, 1.807) is 0 Å². The van der Waals surface area contributed by atoms with E-state index >= 15 is 0 Å². The molecule has 2 unspecified atom stereocenters. The highest BCUT2D eigenvalue weighted by Crippen LogP contribution is 2.26. The molecule has 0 amide bonds. The van der Waals surface area contributed by atoms with Crippen molar-refractivity contribution >= 4 is 0 Å². The van der Waals surface area contributed by atoms with Gasteiger partial charge in [0.15, 0.2) is 0 Å². The number of fused-ring (bicyclic) bond motifs is 1. The molecule has 2 saturated heterocycles. The van der Waals surface area contributed by atoms with Gasteiger partial charge in [0.25, 0.3) is 0 Å². The summed E-state index contributed by atoms with van der Waals surface area (Å²) in [5.41, 5.74) is 0. The van der Waals surface area contributed by atoms with Gasteiger partial charge in [0.05, 0.1) is 0 Å². The Morgan fingerprint density at radius 2 is 2.27 bits per heavy atom. The standard InChI is InChI=1S/C12H24N2O/c1-10(5-8-15)13-11-4-7-14-6-2-3-12(14)9-11/h10-13,15H,2-9H2,1H3/t10-,11?,12?/m1/s1. The SMILES string of the molecule is C[C@H](CCO)NC1CCN2CCCC2C1. The third kappa shape index (κ3) is 2.92. The summed E-state index contributed by atoms with van der Waals surface area (Å²) < 4.78 is 0. The molecule has 2 heterocycles. The van der Waals surface area contributed by atoms with Crippen LogP contribution in [0.15, 0.2) is 0 Å². The Bertz CT molecular complexity index is 198. The fourth-order valence-electron chi connectivity index (χ4n) is 3.06. The predicted molar refractivity (Wildman–Crippen MR) is 61.9 cm³/mol. The van der Waals surface area contributed by atoms with Gasteiger partial charge in [-0.3, -0.25) is 0 Å².